The van der Waals surface area contributed by atoms with Gasteiger partial charge in [0.1, 0.15) is 12.6 Å². The van der Waals surface area contributed by atoms with Crippen LogP contribution in [-0.2, 0) is 25.7 Å². The molecule has 0 bridgehead atoms. The van der Waals surface area contributed by atoms with Crippen molar-refractivity contribution in [2.45, 2.75) is 32.0 Å². The molecule has 4 rings (SSSR count). The number of carbonyl (C=O) groups excluding carboxylic acids is 3. The first-order chi connectivity index (χ1) is 20.9. The van der Waals surface area contributed by atoms with Crippen LogP contribution in [0.4, 0.5) is 17.6 Å². The summed E-state index contributed by atoms with van der Waals surface area (Å²) in [5.74, 6) is -12.4. The van der Waals surface area contributed by atoms with Gasteiger partial charge in [-0.25, -0.2) is 8.78 Å². The number of pyridine rings is 1. The predicted octanol–water partition coefficient (Wildman–Crippen LogP) is 2.95. The summed E-state index contributed by atoms with van der Waals surface area (Å²) < 4.78 is 59.3. The van der Waals surface area contributed by atoms with E-state index >= 15 is 0 Å². The standard InChI is InChI=1S/C30H28F4N4O6/c1-17(30(43)36-23(11-26(41)42)24(39)16-44-29-27(33)21(31)10-22(32)28(29)34)37-7-8-38(25(40)15-37)14-18-9-20(13-35-12-18)19-5-3-2-4-6-19/h2-6,9-10,12-13,17,23H,7-8,11,14-16H2,1H3,(H,36,43)(H,41,42). The fourth-order valence-corrected chi connectivity index (χ4v) is 4.61. The number of aromatic nitrogens is 1. The van der Waals surface area contributed by atoms with Crippen LogP contribution in [0.1, 0.15) is 18.9 Å². The van der Waals surface area contributed by atoms with Crippen LogP contribution in [0.2, 0.25) is 0 Å². The van der Waals surface area contributed by atoms with E-state index in [1.165, 1.54) is 6.92 Å². The van der Waals surface area contributed by atoms with Crippen LogP contribution < -0.4 is 10.1 Å². The maximum Gasteiger partial charge on any atom is 0.305 e. The number of carbonyl (C=O) groups is 4. The second kappa shape index (κ2) is 14.1. The molecule has 1 aliphatic rings. The fraction of sp³-hybridized carbons (Fsp3) is 0.300. The van der Waals surface area contributed by atoms with Crippen LogP contribution >= 0.6 is 0 Å². The highest BCUT2D eigenvalue weighted by Crippen LogP contribution is 2.26. The van der Waals surface area contributed by atoms with Gasteiger partial charge < -0.3 is 20.1 Å². The summed E-state index contributed by atoms with van der Waals surface area (Å²) in [5, 5.41) is 11.5. The topological polar surface area (TPSA) is 129 Å². The van der Waals surface area contributed by atoms with Crippen LogP contribution in [0.5, 0.6) is 5.75 Å². The lowest BCUT2D eigenvalue weighted by atomic mass is 10.1. The number of ketones is 1. The summed E-state index contributed by atoms with van der Waals surface area (Å²) in [7, 11) is 0. The SMILES string of the molecule is CC(C(=O)NC(CC(=O)O)C(=O)COc1c(F)c(F)cc(F)c1F)N1CCN(Cc2cncc(-c3ccccc3)c2)C(=O)C1. The van der Waals surface area contributed by atoms with Gasteiger partial charge in [-0.05, 0) is 24.1 Å². The number of hydrogen-bond donors (Lipinski definition) is 2. The van der Waals surface area contributed by atoms with Crippen LogP contribution in [0, 0.1) is 23.3 Å². The molecule has 2 heterocycles. The molecule has 44 heavy (non-hydrogen) atoms. The van der Waals surface area contributed by atoms with Gasteiger partial charge in [0.05, 0.1) is 19.0 Å². The molecule has 1 aliphatic heterocycles. The number of halogens is 4. The molecular formula is C30H28F4N4O6. The van der Waals surface area contributed by atoms with E-state index in [2.05, 4.69) is 15.0 Å². The molecule has 14 heteroatoms. The first-order valence-corrected chi connectivity index (χ1v) is 13.5. The normalized spacial score (nSPS) is 15.0. The van der Waals surface area contributed by atoms with Gasteiger partial charge in [-0.15, -0.1) is 0 Å². The molecule has 0 spiro atoms. The number of piperazine rings is 1. The molecule has 3 aromatic rings. The van der Waals surface area contributed by atoms with Crippen LogP contribution in [0.15, 0.2) is 54.9 Å². The molecule has 0 aliphatic carbocycles. The molecule has 1 fully saturated rings. The molecule has 2 N–H and O–H groups in total. The van der Waals surface area contributed by atoms with E-state index in [0.29, 0.717) is 6.54 Å². The minimum Gasteiger partial charge on any atom is -0.481 e. The number of Topliss-reactive ketones (excluding diaryl/α,β-unsaturated/α-hetero) is 1. The van der Waals surface area contributed by atoms with Gasteiger partial charge in [0.25, 0.3) is 0 Å². The quantitative estimate of drug-likeness (QED) is 0.235. The summed E-state index contributed by atoms with van der Waals surface area (Å²) in [4.78, 5) is 57.4. The number of nitrogens with zero attached hydrogens (tertiary/aromatic N) is 3. The molecular weight excluding hydrogens is 588 g/mol. The summed E-state index contributed by atoms with van der Waals surface area (Å²) in [6.45, 7) is 0.998. The summed E-state index contributed by atoms with van der Waals surface area (Å²) in [6, 6.07) is 8.85. The number of carboxylic acids is 1. The number of ether oxygens (including phenoxy) is 1. The van der Waals surface area contributed by atoms with E-state index in [1.807, 2.05) is 36.4 Å². The van der Waals surface area contributed by atoms with E-state index in [0.717, 1.165) is 16.7 Å². The number of rotatable bonds is 12. The zero-order chi connectivity index (χ0) is 32.0. The maximum absolute atomic E-state index is 13.9. The lowest BCUT2D eigenvalue weighted by molar-refractivity contribution is -0.142. The summed E-state index contributed by atoms with van der Waals surface area (Å²) >= 11 is 0. The Morgan fingerprint density at radius 3 is 2.32 bits per heavy atom. The number of aliphatic carboxylic acids is 1. The van der Waals surface area contributed by atoms with Crippen molar-refractivity contribution < 1.29 is 46.6 Å². The van der Waals surface area contributed by atoms with Gasteiger partial charge in [0, 0.05) is 43.7 Å². The van der Waals surface area contributed by atoms with Crippen LogP contribution in [0.3, 0.4) is 0 Å². The Hall–Kier alpha value is -4.85. The molecule has 1 saturated heterocycles. The van der Waals surface area contributed by atoms with Crippen molar-refractivity contribution in [2.75, 3.05) is 26.2 Å². The maximum atomic E-state index is 13.9. The lowest BCUT2D eigenvalue weighted by Gasteiger charge is -2.37. The largest absolute Gasteiger partial charge is 0.481 e. The van der Waals surface area contributed by atoms with Gasteiger partial charge in [-0.2, -0.15) is 8.78 Å². The van der Waals surface area contributed by atoms with E-state index in [9.17, 15) is 41.8 Å². The fourth-order valence-electron chi connectivity index (χ4n) is 4.61. The van der Waals surface area contributed by atoms with Gasteiger partial charge in [0.2, 0.25) is 23.4 Å². The number of amides is 2. The van der Waals surface area contributed by atoms with Gasteiger partial charge >= 0.3 is 5.97 Å². The van der Waals surface area contributed by atoms with Crippen molar-refractivity contribution in [3.8, 4) is 16.9 Å². The third-order valence-corrected chi connectivity index (χ3v) is 7.06. The third-order valence-electron chi connectivity index (χ3n) is 7.06. The van der Waals surface area contributed by atoms with E-state index in [4.69, 9.17) is 0 Å². The van der Waals surface area contributed by atoms with E-state index in [1.54, 1.807) is 22.2 Å². The van der Waals surface area contributed by atoms with E-state index in [-0.39, 0.29) is 31.6 Å². The van der Waals surface area contributed by atoms with Crippen molar-refractivity contribution in [3.63, 3.8) is 0 Å². The van der Waals surface area contributed by atoms with Crippen molar-refractivity contribution in [1.82, 2.24) is 20.1 Å². The number of carboxylic acid groups (broad SMARTS) is 1. The van der Waals surface area contributed by atoms with Gasteiger partial charge in [0.15, 0.2) is 23.2 Å². The first-order valence-electron chi connectivity index (χ1n) is 13.5. The summed E-state index contributed by atoms with van der Waals surface area (Å²) in [6.07, 6.45) is 2.48. The molecule has 2 aromatic carbocycles. The predicted molar refractivity (Wildman–Crippen MR) is 147 cm³/mol. The molecule has 10 nitrogen and oxygen atoms in total. The molecule has 1 aromatic heterocycles. The summed E-state index contributed by atoms with van der Waals surface area (Å²) in [5.41, 5.74) is 2.69. The highest BCUT2D eigenvalue weighted by atomic mass is 19.2. The van der Waals surface area contributed by atoms with Crippen LogP contribution in [-0.4, -0.2) is 81.8 Å². The number of nitrogens with one attached hydrogen (secondary N) is 1. The minimum atomic E-state index is -1.88. The average Bonchev–Trinajstić information content (AvgIpc) is 3.00. The molecule has 2 amide bonds. The average molecular weight is 617 g/mol. The Labute approximate surface area is 249 Å². The zero-order valence-electron chi connectivity index (χ0n) is 23.4. The lowest BCUT2D eigenvalue weighted by Crippen LogP contribution is -2.57. The Kier molecular flexibility index (Phi) is 10.3. The van der Waals surface area contributed by atoms with Crippen molar-refractivity contribution in [1.29, 1.82) is 0 Å². The Bertz CT molecular complexity index is 1530. The third kappa shape index (κ3) is 7.75. The smallest absolute Gasteiger partial charge is 0.305 e. The Morgan fingerprint density at radius 1 is 1.00 bits per heavy atom. The highest BCUT2D eigenvalue weighted by Gasteiger charge is 2.33. The Balaban J connectivity index is 1.35. The second-order valence-corrected chi connectivity index (χ2v) is 10.1. The molecule has 2 atom stereocenters. The molecule has 232 valence electrons. The van der Waals surface area contributed by atoms with Gasteiger partial charge in [-0.3, -0.25) is 29.1 Å². The molecule has 0 saturated carbocycles. The first kappa shape index (κ1) is 32.1. The Morgan fingerprint density at radius 2 is 1.68 bits per heavy atom. The van der Waals surface area contributed by atoms with E-state index < -0.39 is 71.8 Å². The second-order valence-electron chi connectivity index (χ2n) is 10.1. The molecule has 0 radical (unpaired) electrons. The minimum absolute atomic E-state index is 0.0423. The molecule has 2 unspecified atom stereocenters. The van der Waals surface area contributed by atoms with Gasteiger partial charge in [-0.1, -0.05) is 30.3 Å². The monoisotopic (exact) mass is 616 g/mol. The highest BCUT2D eigenvalue weighted by molar-refractivity contribution is 5.94. The van der Waals surface area contributed by atoms with Crippen molar-refractivity contribution in [3.05, 3.63) is 83.7 Å². The number of hydrogen-bond acceptors (Lipinski definition) is 7. The number of benzene rings is 2. The van der Waals surface area contributed by atoms with Crippen molar-refractivity contribution in [2.24, 2.45) is 0 Å². The van der Waals surface area contributed by atoms with Crippen LogP contribution in [0.25, 0.3) is 11.1 Å². The van der Waals surface area contributed by atoms with Crippen molar-refractivity contribution >= 4 is 23.6 Å². The zero-order valence-corrected chi connectivity index (χ0v) is 23.4.